The van der Waals surface area contributed by atoms with Gasteiger partial charge in [0.2, 0.25) is 0 Å². The summed E-state index contributed by atoms with van der Waals surface area (Å²) >= 11 is 0. The van der Waals surface area contributed by atoms with Gasteiger partial charge in [0, 0.05) is 12.4 Å². The van der Waals surface area contributed by atoms with Gasteiger partial charge in [-0.15, -0.1) is 0 Å². The van der Waals surface area contributed by atoms with Gasteiger partial charge in [0.1, 0.15) is 0 Å². The van der Waals surface area contributed by atoms with Crippen molar-refractivity contribution in [3.63, 3.8) is 0 Å². The maximum atomic E-state index is 6.75. The van der Waals surface area contributed by atoms with Gasteiger partial charge in [0.05, 0.1) is 11.4 Å². The maximum Gasteiger partial charge on any atom is 2.00 e. The minimum atomic E-state index is 0. The minimum Gasteiger partial charge on any atom is -0.373 e. The van der Waals surface area contributed by atoms with Crippen LogP contribution < -0.4 is 0 Å². The number of hydrogen-bond donors (Lipinski definition) is 0. The third kappa shape index (κ3) is 4.64. The van der Waals surface area contributed by atoms with E-state index in [-0.39, 0.29) is 19.5 Å². The quantitative estimate of drug-likeness (QED) is 0.343. The first-order valence-corrected chi connectivity index (χ1v) is 4.19. The van der Waals surface area contributed by atoms with Crippen LogP contribution in [0.25, 0.3) is 27.4 Å². The molecule has 0 aliphatic heterocycles. The van der Waals surface area contributed by atoms with Gasteiger partial charge < -0.3 is 11.1 Å². The van der Waals surface area contributed by atoms with E-state index in [2.05, 4.69) is 9.97 Å². The van der Waals surface area contributed by atoms with Crippen molar-refractivity contribution in [1.29, 1.82) is 0 Å². The molecule has 0 amide bonds. The van der Waals surface area contributed by atoms with Crippen molar-refractivity contribution in [1.82, 2.24) is 9.97 Å². The summed E-state index contributed by atoms with van der Waals surface area (Å²) in [5.74, 6) is 0. The van der Waals surface area contributed by atoms with E-state index in [0.29, 0.717) is 0 Å². The summed E-state index contributed by atoms with van der Waals surface area (Å²) in [5, 5.41) is 0. The largest absolute Gasteiger partial charge is 2.00 e. The molecule has 0 fully saturated rings. The van der Waals surface area contributed by atoms with Crippen molar-refractivity contribution in [2.45, 2.75) is 0 Å². The molecule has 0 aromatic carbocycles. The molecular weight excluding hydrogens is 256 g/mol. The number of pyridine rings is 2. The Hall–Kier alpha value is -1.77. The Morgan fingerprint density at radius 3 is 1.44 bits per heavy atom. The Morgan fingerprint density at radius 1 is 0.812 bits per heavy atom. The van der Waals surface area contributed by atoms with Crippen molar-refractivity contribution >= 4 is 0 Å². The van der Waals surface area contributed by atoms with Crippen LogP contribution in [0.2, 0.25) is 0 Å². The third-order valence-corrected chi connectivity index (χ3v) is 1.59. The first-order valence-electron chi connectivity index (χ1n) is 4.19. The standard InChI is InChI=1S/C10H8N2.N3.Zn/c1-3-7-11-9(5-1)10-6-2-4-8-12-10;1-3-2;/h1-8H;;/q;-1;+2. The van der Waals surface area contributed by atoms with Gasteiger partial charge in [-0.05, 0) is 24.3 Å². The second-order valence-corrected chi connectivity index (χ2v) is 2.52. The first kappa shape index (κ1) is 14.2. The number of hydrogen-bond acceptors (Lipinski definition) is 2. The first-order chi connectivity index (χ1) is 7.38. The summed E-state index contributed by atoms with van der Waals surface area (Å²) in [5.41, 5.74) is 15.3. The fraction of sp³-hybridized carbons (Fsp3) is 0. The fourth-order valence-corrected chi connectivity index (χ4v) is 1.03. The topological polar surface area (TPSA) is 84.5 Å². The summed E-state index contributed by atoms with van der Waals surface area (Å²) < 4.78 is 0. The molecule has 0 aliphatic rings. The molecule has 0 saturated carbocycles. The third-order valence-electron chi connectivity index (χ3n) is 1.59. The van der Waals surface area contributed by atoms with E-state index in [9.17, 15) is 0 Å². The Balaban J connectivity index is 0.000000511. The molecule has 2 rings (SSSR count). The average molecular weight is 264 g/mol. The molecule has 0 N–H and O–H groups in total. The molecule has 0 unspecified atom stereocenters. The van der Waals surface area contributed by atoms with Crippen LogP contribution in [0.1, 0.15) is 0 Å². The van der Waals surface area contributed by atoms with Gasteiger partial charge in [-0.2, -0.15) is 0 Å². The predicted octanol–water partition coefficient (Wildman–Crippen LogP) is 3.01. The van der Waals surface area contributed by atoms with Gasteiger partial charge in [0.25, 0.3) is 0 Å². The maximum absolute atomic E-state index is 6.75. The van der Waals surface area contributed by atoms with Crippen LogP contribution in [0.3, 0.4) is 0 Å². The van der Waals surface area contributed by atoms with E-state index in [4.69, 9.17) is 11.1 Å². The molecule has 74 valence electrons. The molecule has 0 saturated heterocycles. The van der Waals surface area contributed by atoms with Crippen LogP contribution in [-0.2, 0) is 19.5 Å². The van der Waals surface area contributed by atoms with Gasteiger partial charge in [0.15, 0.2) is 0 Å². The summed E-state index contributed by atoms with van der Waals surface area (Å²) in [7, 11) is 0. The molecule has 16 heavy (non-hydrogen) atoms. The van der Waals surface area contributed by atoms with E-state index in [1.165, 1.54) is 4.91 Å². The SMILES string of the molecule is [N-]=[N+]=[N-].[Zn+2].c1ccc(-c2ccccn2)nc1. The number of rotatable bonds is 1. The average Bonchev–Trinajstić information content (AvgIpc) is 2.32. The Labute approximate surface area is 106 Å². The van der Waals surface area contributed by atoms with Crippen LogP contribution in [-0.4, -0.2) is 9.97 Å². The van der Waals surface area contributed by atoms with Crippen LogP contribution in [0.15, 0.2) is 48.8 Å². The van der Waals surface area contributed by atoms with Crippen molar-refractivity contribution in [3.8, 4) is 11.4 Å². The molecule has 0 bridgehead atoms. The van der Waals surface area contributed by atoms with E-state index in [1.807, 2.05) is 36.4 Å². The second-order valence-electron chi connectivity index (χ2n) is 2.52. The van der Waals surface area contributed by atoms with Crippen LogP contribution >= 0.6 is 0 Å². The summed E-state index contributed by atoms with van der Waals surface area (Å²) in [6, 6.07) is 11.6. The van der Waals surface area contributed by atoms with Gasteiger partial charge in [-0.3, -0.25) is 14.9 Å². The molecular formula is C10H8N5Zn+. The summed E-state index contributed by atoms with van der Waals surface area (Å²) in [6.07, 6.45) is 3.54. The number of nitrogens with zero attached hydrogens (tertiary/aromatic N) is 5. The molecule has 0 spiro atoms. The molecule has 6 heteroatoms. The molecule has 0 aliphatic carbocycles. The second kappa shape index (κ2) is 8.53. The van der Waals surface area contributed by atoms with Crippen molar-refractivity contribution in [2.24, 2.45) is 0 Å². The van der Waals surface area contributed by atoms with Crippen molar-refractivity contribution < 1.29 is 19.5 Å². The molecule has 2 heterocycles. The zero-order valence-corrected chi connectivity index (χ0v) is 11.5. The van der Waals surface area contributed by atoms with Gasteiger partial charge in [-0.25, -0.2) is 0 Å². The van der Waals surface area contributed by atoms with E-state index < -0.39 is 0 Å². The molecule has 0 atom stereocenters. The Morgan fingerprint density at radius 2 is 1.19 bits per heavy atom. The van der Waals surface area contributed by atoms with Crippen molar-refractivity contribution in [3.05, 3.63) is 64.8 Å². The Kier molecular flexibility index (Phi) is 7.59. The van der Waals surface area contributed by atoms with Crippen molar-refractivity contribution in [2.75, 3.05) is 0 Å². The molecule has 5 nitrogen and oxygen atoms in total. The molecule has 2 aromatic heterocycles. The zero-order valence-electron chi connectivity index (χ0n) is 8.56. The van der Waals surface area contributed by atoms with Gasteiger partial charge in [-0.1, -0.05) is 12.1 Å². The molecule has 2 aromatic rings. The van der Waals surface area contributed by atoms with E-state index in [0.717, 1.165) is 11.4 Å². The van der Waals surface area contributed by atoms with Crippen LogP contribution in [0.5, 0.6) is 0 Å². The predicted molar refractivity (Wildman–Crippen MR) is 57.5 cm³/mol. The van der Waals surface area contributed by atoms with E-state index in [1.54, 1.807) is 12.4 Å². The normalized spacial score (nSPS) is 7.75. The summed E-state index contributed by atoms with van der Waals surface area (Å²) in [4.78, 5) is 9.87. The molecule has 0 radical (unpaired) electrons. The fourth-order valence-electron chi connectivity index (χ4n) is 1.03. The Bertz CT molecular complexity index is 388. The van der Waals surface area contributed by atoms with E-state index >= 15 is 0 Å². The van der Waals surface area contributed by atoms with Crippen LogP contribution in [0, 0.1) is 0 Å². The minimum absolute atomic E-state index is 0. The zero-order chi connectivity index (χ0) is 10.9. The van der Waals surface area contributed by atoms with Gasteiger partial charge >= 0.3 is 19.5 Å². The summed E-state index contributed by atoms with van der Waals surface area (Å²) in [6.45, 7) is 0. The number of aromatic nitrogens is 2. The monoisotopic (exact) mass is 262 g/mol. The smallest absolute Gasteiger partial charge is 0.373 e. The van der Waals surface area contributed by atoms with Crippen LogP contribution in [0.4, 0.5) is 0 Å².